The van der Waals surface area contributed by atoms with Gasteiger partial charge in [-0.25, -0.2) is 0 Å². The lowest BCUT2D eigenvalue weighted by molar-refractivity contribution is 0.165. The fourth-order valence-electron chi connectivity index (χ4n) is 0.871. The molecule has 0 spiro atoms. The van der Waals surface area contributed by atoms with Crippen molar-refractivity contribution in [2.45, 2.75) is 25.8 Å². The Kier molecular flexibility index (Phi) is 7.23. The second kappa shape index (κ2) is 7.59. The van der Waals surface area contributed by atoms with Crippen molar-refractivity contribution in [1.29, 1.82) is 0 Å². The van der Waals surface area contributed by atoms with Gasteiger partial charge in [0.25, 0.3) is 0 Å². The molecule has 0 amide bonds. The Morgan fingerprint density at radius 3 is 2.82 bits per heavy atom. The molecule has 0 aliphatic heterocycles. The number of methoxy groups -OCH3 is 1. The summed E-state index contributed by atoms with van der Waals surface area (Å²) in [6.07, 6.45) is 6.98. The van der Waals surface area contributed by atoms with E-state index in [0.29, 0.717) is 6.04 Å². The van der Waals surface area contributed by atoms with E-state index in [1.165, 1.54) is 0 Å². The van der Waals surface area contributed by atoms with Gasteiger partial charge in [-0.05, 0) is 6.42 Å². The average Bonchev–Trinajstić information content (AvgIpc) is 2.03. The molecule has 1 N–H and O–H groups in total. The molecule has 0 aliphatic carbocycles. The van der Waals surface area contributed by atoms with E-state index >= 15 is 0 Å². The van der Waals surface area contributed by atoms with Gasteiger partial charge in [0.15, 0.2) is 0 Å². The minimum absolute atomic E-state index is 0.452. The number of terminal acetylenes is 1. The summed E-state index contributed by atoms with van der Waals surface area (Å²) in [4.78, 5) is 0. The highest BCUT2D eigenvalue weighted by molar-refractivity contribution is 4.84. The van der Waals surface area contributed by atoms with E-state index in [-0.39, 0.29) is 0 Å². The Balaban J connectivity index is 3.29. The smallest absolute Gasteiger partial charge is 0.0615 e. The lowest BCUT2D eigenvalue weighted by atomic mass is 10.2. The van der Waals surface area contributed by atoms with Gasteiger partial charge in [0.2, 0.25) is 0 Å². The highest BCUT2D eigenvalue weighted by Crippen LogP contribution is 1.90. The predicted octanol–water partition coefficient (Wildman–Crippen LogP) is 1.02. The van der Waals surface area contributed by atoms with Crippen molar-refractivity contribution in [2.75, 3.05) is 20.3 Å². The fraction of sp³-hybridized carbons (Fsp3) is 0.778. The molecule has 0 radical (unpaired) electrons. The third-order valence-corrected chi connectivity index (χ3v) is 1.56. The van der Waals surface area contributed by atoms with Gasteiger partial charge in [0, 0.05) is 26.1 Å². The summed E-state index contributed by atoms with van der Waals surface area (Å²) < 4.78 is 5.01. The van der Waals surface area contributed by atoms with Crippen molar-refractivity contribution in [3.05, 3.63) is 0 Å². The van der Waals surface area contributed by atoms with Crippen LogP contribution in [0, 0.1) is 12.3 Å². The van der Waals surface area contributed by atoms with Crippen LogP contribution in [0.5, 0.6) is 0 Å². The lowest BCUT2D eigenvalue weighted by Gasteiger charge is -2.14. The second-order valence-corrected chi connectivity index (χ2v) is 2.47. The van der Waals surface area contributed by atoms with E-state index in [0.717, 1.165) is 26.0 Å². The zero-order valence-corrected chi connectivity index (χ0v) is 7.39. The molecule has 64 valence electrons. The molecular weight excluding hydrogens is 138 g/mol. The Morgan fingerprint density at radius 1 is 1.64 bits per heavy atom. The molecule has 0 fully saturated rings. The van der Waals surface area contributed by atoms with Crippen LogP contribution in [0.3, 0.4) is 0 Å². The van der Waals surface area contributed by atoms with Gasteiger partial charge in [-0.2, -0.15) is 0 Å². The van der Waals surface area contributed by atoms with Crippen molar-refractivity contribution >= 4 is 0 Å². The van der Waals surface area contributed by atoms with Gasteiger partial charge in [0.05, 0.1) is 6.61 Å². The van der Waals surface area contributed by atoms with E-state index in [1.807, 2.05) is 0 Å². The maximum atomic E-state index is 5.11. The molecule has 0 bridgehead atoms. The summed E-state index contributed by atoms with van der Waals surface area (Å²) in [5.74, 6) is 2.59. The van der Waals surface area contributed by atoms with Crippen LogP contribution in [0.15, 0.2) is 0 Å². The summed E-state index contributed by atoms with van der Waals surface area (Å²) in [6, 6.07) is 0.452. The highest BCUT2D eigenvalue weighted by Gasteiger charge is 2.02. The summed E-state index contributed by atoms with van der Waals surface area (Å²) in [5.41, 5.74) is 0. The summed E-state index contributed by atoms with van der Waals surface area (Å²) in [7, 11) is 1.71. The Bertz CT molecular complexity index is 117. The predicted molar refractivity (Wildman–Crippen MR) is 47.4 cm³/mol. The minimum Gasteiger partial charge on any atom is -0.383 e. The zero-order chi connectivity index (χ0) is 8.53. The van der Waals surface area contributed by atoms with Crippen molar-refractivity contribution in [1.82, 2.24) is 5.32 Å². The van der Waals surface area contributed by atoms with Crippen LogP contribution in [0.1, 0.15) is 19.8 Å². The van der Waals surface area contributed by atoms with E-state index in [2.05, 4.69) is 18.2 Å². The van der Waals surface area contributed by atoms with Crippen molar-refractivity contribution in [3.8, 4) is 12.3 Å². The molecular formula is C9H17NO. The molecule has 0 aliphatic rings. The highest BCUT2D eigenvalue weighted by atomic mass is 16.5. The molecule has 0 saturated carbocycles. The fourth-order valence-corrected chi connectivity index (χ4v) is 0.871. The van der Waals surface area contributed by atoms with Crippen LogP contribution < -0.4 is 5.32 Å². The van der Waals surface area contributed by atoms with E-state index in [1.54, 1.807) is 7.11 Å². The normalized spacial score (nSPS) is 12.5. The van der Waals surface area contributed by atoms with Crippen molar-refractivity contribution < 1.29 is 4.74 Å². The molecule has 0 aromatic carbocycles. The first-order chi connectivity index (χ1) is 5.35. The summed E-state index contributed by atoms with van der Waals surface area (Å²) in [5, 5.41) is 3.30. The number of nitrogens with one attached hydrogen (secondary N) is 1. The van der Waals surface area contributed by atoms with Gasteiger partial charge < -0.3 is 10.1 Å². The quantitative estimate of drug-likeness (QED) is 0.457. The van der Waals surface area contributed by atoms with Gasteiger partial charge >= 0.3 is 0 Å². The largest absolute Gasteiger partial charge is 0.383 e. The van der Waals surface area contributed by atoms with Crippen LogP contribution in [0.2, 0.25) is 0 Å². The monoisotopic (exact) mass is 155 g/mol. The standard InChI is InChI=1S/C9H17NO/c1-4-6-7-10-9(5-2)8-11-3/h1,9-10H,5-8H2,2-3H3. The van der Waals surface area contributed by atoms with E-state index < -0.39 is 0 Å². The summed E-state index contributed by atoms with van der Waals surface area (Å²) >= 11 is 0. The van der Waals surface area contributed by atoms with E-state index in [4.69, 9.17) is 11.2 Å². The van der Waals surface area contributed by atoms with Gasteiger partial charge in [-0.1, -0.05) is 6.92 Å². The molecule has 0 rings (SSSR count). The lowest BCUT2D eigenvalue weighted by Crippen LogP contribution is -2.33. The second-order valence-electron chi connectivity index (χ2n) is 2.47. The first-order valence-electron chi connectivity index (χ1n) is 4.00. The molecule has 2 heteroatoms. The number of hydrogen-bond donors (Lipinski definition) is 1. The topological polar surface area (TPSA) is 21.3 Å². The average molecular weight is 155 g/mol. The maximum Gasteiger partial charge on any atom is 0.0615 e. The van der Waals surface area contributed by atoms with Crippen LogP contribution in [0.25, 0.3) is 0 Å². The Hall–Kier alpha value is -0.520. The first kappa shape index (κ1) is 10.5. The molecule has 0 aromatic heterocycles. The van der Waals surface area contributed by atoms with Gasteiger partial charge in [0.1, 0.15) is 0 Å². The number of rotatable bonds is 6. The third-order valence-electron chi connectivity index (χ3n) is 1.56. The van der Waals surface area contributed by atoms with Crippen LogP contribution in [-0.4, -0.2) is 26.3 Å². The molecule has 2 nitrogen and oxygen atoms in total. The molecule has 0 heterocycles. The van der Waals surface area contributed by atoms with Crippen molar-refractivity contribution in [2.24, 2.45) is 0 Å². The van der Waals surface area contributed by atoms with Crippen LogP contribution >= 0.6 is 0 Å². The molecule has 11 heavy (non-hydrogen) atoms. The zero-order valence-electron chi connectivity index (χ0n) is 7.39. The van der Waals surface area contributed by atoms with Gasteiger partial charge in [-0.3, -0.25) is 0 Å². The molecule has 0 aromatic rings. The SMILES string of the molecule is C#CCCNC(CC)COC. The Labute approximate surface area is 69.3 Å². The van der Waals surface area contributed by atoms with Crippen LogP contribution in [-0.2, 0) is 4.74 Å². The number of hydrogen-bond acceptors (Lipinski definition) is 2. The van der Waals surface area contributed by atoms with Gasteiger partial charge in [-0.15, -0.1) is 12.3 Å². The number of ether oxygens (including phenoxy) is 1. The molecule has 1 atom stereocenters. The maximum absolute atomic E-state index is 5.11. The first-order valence-corrected chi connectivity index (χ1v) is 4.00. The van der Waals surface area contributed by atoms with Crippen molar-refractivity contribution in [3.63, 3.8) is 0 Å². The third kappa shape index (κ3) is 5.90. The van der Waals surface area contributed by atoms with Crippen LogP contribution in [0.4, 0.5) is 0 Å². The Morgan fingerprint density at radius 2 is 2.36 bits per heavy atom. The molecule has 0 saturated heterocycles. The summed E-state index contributed by atoms with van der Waals surface area (Å²) in [6.45, 7) is 3.78. The van der Waals surface area contributed by atoms with E-state index in [9.17, 15) is 0 Å². The molecule has 1 unspecified atom stereocenters. The minimum atomic E-state index is 0.452.